The summed E-state index contributed by atoms with van der Waals surface area (Å²) in [6, 6.07) is 8.52. The maximum absolute atomic E-state index is 12.1. The zero-order valence-corrected chi connectivity index (χ0v) is 11.3. The van der Waals surface area contributed by atoms with Crippen LogP contribution in [0.15, 0.2) is 24.3 Å². The Kier molecular flexibility index (Phi) is 3.87. The van der Waals surface area contributed by atoms with E-state index in [1.54, 1.807) is 7.05 Å². The number of carbonyl (C=O) groups excluding carboxylic acids is 1. The summed E-state index contributed by atoms with van der Waals surface area (Å²) in [6.07, 6.45) is 0. The van der Waals surface area contributed by atoms with Crippen LogP contribution < -0.4 is 10.2 Å². The number of amides is 1. The molecule has 1 N–H and O–H groups in total. The Morgan fingerprint density at radius 1 is 1.44 bits per heavy atom. The molecule has 0 saturated heterocycles. The van der Waals surface area contributed by atoms with E-state index in [0.717, 1.165) is 6.54 Å². The third kappa shape index (κ3) is 2.48. The molecule has 98 valence electrons. The van der Waals surface area contributed by atoms with Crippen molar-refractivity contribution in [1.82, 2.24) is 10.2 Å². The highest BCUT2D eigenvalue weighted by Gasteiger charge is 2.25. The highest BCUT2D eigenvalue weighted by atomic mass is 16.2. The zero-order valence-electron chi connectivity index (χ0n) is 11.3. The summed E-state index contributed by atoms with van der Waals surface area (Å²) in [5, 5.41) is 2.94. The van der Waals surface area contributed by atoms with Gasteiger partial charge in [-0.2, -0.15) is 0 Å². The average molecular weight is 247 g/mol. The van der Waals surface area contributed by atoms with Gasteiger partial charge in [-0.05, 0) is 25.6 Å². The van der Waals surface area contributed by atoms with E-state index in [1.807, 2.05) is 17.0 Å². The Morgan fingerprint density at radius 3 is 2.89 bits per heavy atom. The van der Waals surface area contributed by atoms with Gasteiger partial charge in [-0.15, -0.1) is 0 Å². The van der Waals surface area contributed by atoms with Crippen LogP contribution in [0.2, 0.25) is 0 Å². The molecule has 0 bridgehead atoms. The van der Waals surface area contributed by atoms with Crippen LogP contribution in [0.1, 0.15) is 12.5 Å². The molecule has 1 aliphatic rings. The molecule has 0 saturated carbocycles. The Morgan fingerprint density at radius 2 is 2.17 bits per heavy atom. The second kappa shape index (κ2) is 5.40. The summed E-state index contributed by atoms with van der Waals surface area (Å²) in [5.74, 6) is 0.162. The molecule has 1 atom stereocenters. The fraction of sp³-hybridized carbons (Fsp3) is 0.500. The fourth-order valence-corrected chi connectivity index (χ4v) is 2.54. The maximum atomic E-state index is 12.1. The Bertz CT molecular complexity index is 433. The van der Waals surface area contributed by atoms with Gasteiger partial charge in [0.25, 0.3) is 0 Å². The van der Waals surface area contributed by atoms with E-state index < -0.39 is 0 Å². The first kappa shape index (κ1) is 12.9. The number of nitrogens with one attached hydrogen (secondary N) is 1. The lowest BCUT2D eigenvalue weighted by Gasteiger charge is -2.28. The van der Waals surface area contributed by atoms with Gasteiger partial charge in [-0.25, -0.2) is 0 Å². The molecule has 1 aromatic rings. The first-order valence-electron chi connectivity index (χ1n) is 6.36. The standard InChI is InChI=1S/C14H21N3O/c1-11-9-16(3)13-7-5-4-6-12(13)10-17(11)14(18)8-15-2/h4-7,11,15H,8-10H2,1-3H3. The van der Waals surface area contributed by atoms with Crippen LogP contribution >= 0.6 is 0 Å². The molecule has 0 fully saturated rings. The quantitative estimate of drug-likeness (QED) is 0.849. The molecule has 1 aromatic carbocycles. The van der Waals surface area contributed by atoms with Crippen molar-refractivity contribution in [3.05, 3.63) is 29.8 Å². The summed E-state index contributed by atoms with van der Waals surface area (Å²) in [4.78, 5) is 16.3. The fourth-order valence-electron chi connectivity index (χ4n) is 2.54. The molecule has 0 spiro atoms. The molecule has 1 aliphatic heterocycles. The molecule has 4 heteroatoms. The summed E-state index contributed by atoms with van der Waals surface area (Å²) in [7, 11) is 3.89. The van der Waals surface area contributed by atoms with Gasteiger partial charge in [-0.3, -0.25) is 4.79 Å². The van der Waals surface area contributed by atoms with Crippen LogP contribution in [0.25, 0.3) is 0 Å². The van der Waals surface area contributed by atoms with Crippen molar-refractivity contribution in [3.8, 4) is 0 Å². The lowest BCUT2D eigenvalue weighted by molar-refractivity contribution is -0.132. The van der Waals surface area contributed by atoms with Crippen molar-refractivity contribution in [3.63, 3.8) is 0 Å². The normalized spacial score (nSPS) is 19.4. The number of para-hydroxylation sites is 1. The molecule has 0 radical (unpaired) electrons. The predicted molar refractivity (Wildman–Crippen MR) is 73.7 cm³/mol. The van der Waals surface area contributed by atoms with Crippen LogP contribution in [0.3, 0.4) is 0 Å². The van der Waals surface area contributed by atoms with E-state index in [1.165, 1.54) is 11.3 Å². The Labute approximate surface area is 109 Å². The van der Waals surface area contributed by atoms with E-state index in [0.29, 0.717) is 13.1 Å². The number of fused-ring (bicyclic) bond motifs is 1. The van der Waals surface area contributed by atoms with Gasteiger partial charge in [0.05, 0.1) is 6.54 Å². The van der Waals surface area contributed by atoms with Crippen LogP contribution in [0.5, 0.6) is 0 Å². The van der Waals surface area contributed by atoms with Gasteiger partial charge < -0.3 is 15.1 Å². The summed E-state index contributed by atoms with van der Waals surface area (Å²) in [5.41, 5.74) is 2.44. The summed E-state index contributed by atoms with van der Waals surface area (Å²) in [6.45, 7) is 4.07. The third-order valence-electron chi connectivity index (χ3n) is 3.46. The predicted octanol–water partition coefficient (Wildman–Crippen LogP) is 1.07. The lowest BCUT2D eigenvalue weighted by Crippen LogP contribution is -2.45. The second-order valence-electron chi connectivity index (χ2n) is 4.91. The smallest absolute Gasteiger partial charge is 0.237 e. The van der Waals surface area contributed by atoms with E-state index in [4.69, 9.17) is 0 Å². The largest absolute Gasteiger partial charge is 0.372 e. The van der Waals surface area contributed by atoms with Crippen molar-refractivity contribution in [1.29, 1.82) is 0 Å². The monoisotopic (exact) mass is 247 g/mol. The number of anilines is 1. The summed E-state index contributed by atoms with van der Waals surface area (Å²) >= 11 is 0. The number of likely N-dealkylation sites (N-methyl/N-ethyl adjacent to an activating group) is 2. The van der Waals surface area contributed by atoms with Crippen molar-refractivity contribution in [2.45, 2.75) is 19.5 Å². The van der Waals surface area contributed by atoms with E-state index >= 15 is 0 Å². The minimum absolute atomic E-state index is 0.162. The molecule has 1 unspecified atom stereocenters. The van der Waals surface area contributed by atoms with Crippen molar-refractivity contribution >= 4 is 11.6 Å². The zero-order chi connectivity index (χ0) is 13.1. The van der Waals surface area contributed by atoms with Gasteiger partial charge in [0.1, 0.15) is 0 Å². The summed E-state index contributed by atoms with van der Waals surface area (Å²) < 4.78 is 0. The number of carbonyl (C=O) groups is 1. The Balaban J connectivity index is 2.28. The van der Waals surface area contributed by atoms with Crippen molar-refractivity contribution in [2.24, 2.45) is 0 Å². The van der Waals surface area contributed by atoms with Gasteiger partial charge in [-0.1, -0.05) is 18.2 Å². The molecular formula is C14H21N3O. The van der Waals surface area contributed by atoms with E-state index in [-0.39, 0.29) is 11.9 Å². The minimum Gasteiger partial charge on any atom is -0.372 e. The van der Waals surface area contributed by atoms with Gasteiger partial charge in [0, 0.05) is 31.9 Å². The highest BCUT2D eigenvalue weighted by molar-refractivity contribution is 5.79. The molecule has 0 aromatic heterocycles. The third-order valence-corrected chi connectivity index (χ3v) is 3.46. The Hall–Kier alpha value is -1.55. The van der Waals surface area contributed by atoms with E-state index in [9.17, 15) is 4.79 Å². The van der Waals surface area contributed by atoms with Crippen LogP contribution in [0, 0.1) is 0 Å². The molecule has 1 amide bonds. The van der Waals surface area contributed by atoms with Gasteiger partial charge in [0.15, 0.2) is 0 Å². The molecule has 1 heterocycles. The topological polar surface area (TPSA) is 35.6 Å². The SMILES string of the molecule is CNCC(=O)N1Cc2ccccc2N(C)CC1C. The average Bonchev–Trinajstić information content (AvgIpc) is 2.47. The molecule has 18 heavy (non-hydrogen) atoms. The van der Waals surface area contributed by atoms with Crippen molar-refractivity contribution in [2.75, 3.05) is 32.1 Å². The van der Waals surface area contributed by atoms with Gasteiger partial charge in [0.2, 0.25) is 5.91 Å². The first-order chi connectivity index (χ1) is 8.63. The number of hydrogen-bond donors (Lipinski definition) is 1. The molecular weight excluding hydrogens is 226 g/mol. The first-order valence-corrected chi connectivity index (χ1v) is 6.36. The van der Waals surface area contributed by atoms with Crippen LogP contribution in [-0.4, -0.2) is 44.0 Å². The van der Waals surface area contributed by atoms with Crippen LogP contribution in [0.4, 0.5) is 5.69 Å². The van der Waals surface area contributed by atoms with Crippen LogP contribution in [-0.2, 0) is 11.3 Å². The number of rotatable bonds is 2. The molecule has 4 nitrogen and oxygen atoms in total. The van der Waals surface area contributed by atoms with Crippen molar-refractivity contribution < 1.29 is 4.79 Å². The lowest BCUT2D eigenvalue weighted by atomic mass is 10.1. The number of benzene rings is 1. The maximum Gasteiger partial charge on any atom is 0.237 e. The highest BCUT2D eigenvalue weighted by Crippen LogP contribution is 2.25. The number of hydrogen-bond acceptors (Lipinski definition) is 3. The van der Waals surface area contributed by atoms with E-state index in [2.05, 4.69) is 36.3 Å². The molecule has 2 rings (SSSR count). The minimum atomic E-state index is 0.162. The second-order valence-corrected chi connectivity index (χ2v) is 4.91. The number of nitrogens with zero attached hydrogens (tertiary/aromatic N) is 2. The van der Waals surface area contributed by atoms with Gasteiger partial charge >= 0.3 is 0 Å². The molecule has 0 aliphatic carbocycles.